The van der Waals surface area contributed by atoms with Gasteiger partial charge in [0.25, 0.3) is 11.5 Å². The highest BCUT2D eigenvalue weighted by atomic mass is 35.5. The van der Waals surface area contributed by atoms with Crippen LogP contribution in [0.2, 0.25) is 5.02 Å². The number of hydrogen-bond donors (Lipinski definition) is 3. The largest absolute Gasteiger partial charge is 0.481 e. The molecule has 0 bridgehead atoms. The number of methoxy groups -OCH3 is 1. The predicted molar refractivity (Wildman–Crippen MR) is 183 cm³/mol. The molecule has 3 atom stereocenters. The Hall–Kier alpha value is -4.78. The zero-order valence-electron chi connectivity index (χ0n) is 27.3. The Kier molecular flexibility index (Phi) is 9.24. The molecular formula is C35H37ClN6O6. The molecular weight excluding hydrogens is 636 g/mol. The maximum absolute atomic E-state index is 13.2. The van der Waals surface area contributed by atoms with Gasteiger partial charge in [-0.05, 0) is 48.1 Å². The molecule has 3 N–H and O–H groups in total. The van der Waals surface area contributed by atoms with Crippen LogP contribution in [0.15, 0.2) is 58.3 Å². The fraction of sp³-hybridized carbons (Fsp3) is 0.343. The number of benzene rings is 2. The highest BCUT2D eigenvalue weighted by molar-refractivity contribution is 6.36. The topological polar surface area (TPSA) is 146 Å². The molecule has 1 aliphatic heterocycles. The lowest BCUT2D eigenvalue weighted by Crippen LogP contribution is -2.51. The van der Waals surface area contributed by atoms with E-state index in [0.717, 1.165) is 44.4 Å². The number of aryl methyl sites for hydroxylation is 1. The van der Waals surface area contributed by atoms with Crippen molar-refractivity contribution in [3.63, 3.8) is 0 Å². The number of anilines is 1. The number of aromatic nitrogens is 3. The van der Waals surface area contributed by atoms with Crippen molar-refractivity contribution in [3.8, 4) is 28.3 Å². The minimum absolute atomic E-state index is 0.0151. The van der Waals surface area contributed by atoms with Crippen molar-refractivity contribution >= 4 is 29.1 Å². The van der Waals surface area contributed by atoms with E-state index < -0.39 is 17.2 Å². The highest BCUT2D eigenvalue weighted by Crippen LogP contribution is 2.44. The van der Waals surface area contributed by atoms with Gasteiger partial charge in [-0.2, -0.15) is 0 Å². The summed E-state index contributed by atoms with van der Waals surface area (Å²) in [5, 5.41) is 9.87. The molecule has 1 aliphatic carbocycles. The SMILES string of the molecule is COc1nc(-c2cccc(-c3cccc(NC(=O)c4cn(C)c(=O)n(C)c4=O)c3C)c2Cl)cc2c1C(NCC1COCC(=O)N1)C(C)C2. The average Bonchev–Trinajstić information content (AvgIpc) is 3.39. The van der Waals surface area contributed by atoms with Gasteiger partial charge >= 0.3 is 5.69 Å². The summed E-state index contributed by atoms with van der Waals surface area (Å²) in [4.78, 5) is 54.6. The van der Waals surface area contributed by atoms with Crippen molar-refractivity contribution in [3.05, 3.63) is 96.8 Å². The summed E-state index contributed by atoms with van der Waals surface area (Å²) >= 11 is 7.12. The van der Waals surface area contributed by atoms with E-state index in [0.29, 0.717) is 35.4 Å². The van der Waals surface area contributed by atoms with Crippen LogP contribution in [0.3, 0.4) is 0 Å². The van der Waals surface area contributed by atoms with Crippen molar-refractivity contribution in [2.24, 2.45) is 20.0 Å². The second kappa shape index (κ2) is 13.4. The van der Waals surface area contributed by atoms with Crippen LogP contribution in [0.25, 0.3) is 22.4 Å². The lowest BCUT2D eigenvalue weighted by molar-refractivity contribution is -0.131. The Balaban J connectivity index is 1.30. The van der Waals surface area contributed by atoms with Gasteiger partial charge in [0.05, 0.1) is 30.5 Å². The van der Waals surface area contributed by atoms with Crippen LogP contribution < -0.4 is 31.9 Å². The second-order valence-corrected chi connectivity index (χ2v) is 12.7. The summed E-state index contributed by atoms with van der Waals surface area (Å²) in [6, 6.07) is 13.1. The number of morpholine rings is 1. The average molecular weight is 673 g/mol. The number of pyridine rings is 1. The molecule has 250 valence electrons. The quantitative estimate of drug-likeness (QED) is 0.258. The molecule has 13 heteroatoms. The van der Waals surface area contributed by atoms with Crippen LogP contribution in [0, 0.1) is 12.8 Å². The van der Waals surface area contributed by atoms with Gasteiger partial charge < -0.3 is 30.0 Å². The first kappa shape index (κ1) is 33.1. The van der Waals surface area contributed by atoms with E-state index in [2.05, 4.69) is 28.9 Å². The van der Waals surface area contributed by atoms with Gasteiger partial charge in [0.1, 0.15) is 12.2 Å². The molecule has 12 nitrogen and oxygen atoms in total. The van der Waals surface area contributed by atoms with Crippen molar-refractivity contribution in [2.45, 2.75) is 32.4 Å². The molecule has 4 aromatic rings. The monoisotopic (exact) mass is 672 g/mol. The third-order valence-corrected chi connectivity index (χ3v) is 9.47. The second-order valence-electron chi connectivity index (χ2n) is 12.3. The number of halogens is 1. The van der Waals surface area contributed by atoms with Crippen LogP contribution >= 0.6 is 11.6 Å². The summed E-state index contributed by atoms with van der Waals surface area (Å²) in [6.45, 7) is 5.14. The van der Waals surface area contributed by atoms with Gasteiger partial charge in [-0.25, -0.2) is 9.78 Å². The van der Waals surface area contributed by atoms with Crippen molar-refractivity contribution < 1.29 is 19.1 Å². The molecule has 0 spiro atoms. The molecule has 0 saturated carbocycles. The molecule has 2 aliphatic rings. The van der Waals surface area contributed by atoms with E-state index in [1.165, 1.54) is 24.9 Å². The maximum atomic E-state index is 13.2. The third kappa shape index (κ3) is 6.14. The molecule has 1 fully saturated rings. The van der Waals surface area contributed by atoms with Crippen LogP contribution in [-0.2, 0) is 30.0 Å². The zero-order chi connectivity index (χ0) is 34.3. The Morgan fingerprint density at radius 2 is 1.85 bits per heavy atom. The number of nitrogens with zero attached hydrogens (tertiary/aromatic N) is 3. The van der Waals surface area contributed by atoms with Crippen molar-refractivity contribution in [1.82, 2.24) is 24.8 Å². The smallest absolute Gasteiger partial charge is 0.330 e. The molecule has 0 radical (unpaired) electrons. The molecule has 48 heavy (non-hydrogen) atoms. The van der Waals surface area contributed by atoms with E-state index in [9.17, 15) is 19.2 Å². The highest BCUT2D eigenvalue weighted by Gasteiger charge is 2.35. The van der Waals surface area contributed by atoms with E-state index in [-0.39, 0.29) is 36.1 Å². The maximum Gasteiger partial charge on any atom is 0.330 e. The minimum Gasteiger partial charge on any atom is -0.481 e. The van der Waals surface area contributed by atoms with E-state index in [1.807, 2.05) is 31.2 Å². The third-order valence-electron chi connectivity index (χ3n) is 9.06. The summed E-state index contributed by atoms with van der Waals surface area (Å²) in [5.74, 6) is 0.0327. The van der Waals surface area contributed by atoms with Gasteiger partial charge in [0.15, 0.2) is 0 Å². The Bertz CT molecular complexity index is 2060. The van der Waals surface area contributed by atoms with Crippen molar-refractivity contribution in [1.29, 1.82) is 0 Å². The van der Waals surface area contributed by atoms with Gasteiger partial charge in [-0.1, -0.05) is 48.9 Å². The number of hydrogen-bond acceptors (Lipinski definition) is 8. The number of amides is 2. The number of carbonyl (C=O) groups excluding carboxylic acids is 2. The lowest BCUT2D eigenvalue weighted by atomic mass is 9.96. The number of carbonyl (C=O) groups is 2. The van der Waals surface area contributed by atoms with Gasteiger partial charge in [-0.3, -0.25) is 19.0 Å². The molecule has 1 saturated heterocycles. The summed E-state index contributed by atoms with van der Waals surface area (Å²) in [5.41, 5.74) is 4.93. The first-order chi connectivity index (χ1) is 23.0. The summed E-state index contributed by atoms with van der Waals surface area (Å²) in [6.07, 6.45) is 2.05. The van der Waals surface area contributed by atoms with E-state index in [4.69, 9.17) is 26.1 Å². The predicted octanol–water partition coefficient (Wildman–Crippen LogP) is 3.37. The Labute approximate surface area is 282 Å². The van der Waals surface area contributed by atoms with Crippen LogP contribution in [0.1, 0.15) is 40.0 Å². The molecule has 6 rings (SSSR count). The molecule has 2 aromatic heterocycles. The van der Waals surface area contributed by atoms with Crippen LogP contribution in [-0.4, -0.2) is 58.8 Å². The number of fused-ring (bicyclic) bond motifs is 1. The summed E-state index contributed by atoms with van der Waals surface area (Å²) in [7, 11) is 4.42. The lowest BCUT2D eigenvalue weighted by Gasteiger charge is -2.27. The zero-order valence-corrected chi connectivity index (χ0v) is 28.1. The molecule has 2 amide bonds. The molecule has 3 heterocycles. The normalized spacial score (nSPS) is 18.7. The number of ether oxygens (including phenoxy) is 2. The fourth-order valence-corrected chi connectivity index (χ4v) is 6.89. The molecule has 3 unspecified atom stereocenters. The van der Waals surface area contributed by atoms with Crippen molar-refractivity contribution in [2.75, 3.05) is 32.2 Å². The Morgan fingerprint density at radius 1 is 1.12 bits per heavy atom. The molecule has 2 aromatic carbocycles. The number of nitrogens with one attached hydrogen (secondary N) is 3. The minimum atomic E-state index is -0.679. The Morgan fingerprint density at radius 3 is 2.60 bits per heavy atom. The van der Waals surface area contributed by atoms with E-state index >= 15 is 0 Å². The number of rotatable bonds is 8. The summed E-state index contributed by atoms with van der Waals surface area (Å²) < 4.78 is 13.3. The fourth-order valence-electron chi connectivity index (χ4n) is 6.57. The van der Waals surface area contributed by atoms with Gasteiger partial charge in [-0.15, -0.1) is 0 Å². The first-order valence-electron chi connectivity index (χ1n) is 15.6. The van der Waals surface area contributed by atoms with Crippen LogP contribution in [0.5, 0.6) is 5.88 Å². The van der Waals surface area contributed by atoms with Gasteiger partial charge in [0.2, 0.25) is 11.8 Å². The standard InChI is InChI=1S/C35H37ClN6O6/c1-18-12-20-13-27(40-33(47-5)29(20)31(18)37-14-21-16-48-17-28(43)38-21)24-10-6-9-23(30(24)36)22-8-7-11-26(19(22)2)39-32(44)25-15-41(3)35(46)42(4)34(25)45/h6-11,13,15,18,21,31,37H,12,14,16-17H2,1-5H3,(H,38,43)(H,39,44). The van der Waals surface area contributed by atoms with Gasteiger partial charge in [0, 0.05) is 55.3 Å². The first-order valence-corrected chi connectivity index (χ1v) is 16.0. The van der Waals surface area contributed by atoms with Crippen LogP contribution in [0.4, 0.5) is 5.69 Å². The van der Waals surface area contributed by atoms with E-state index in [1.54, 1.807) is 19.2 Å².